The SMILES string of the molecule is C=CCN(C(=O)c1cc(F)cc(S(N)(=O)=O)c1)C(C)(C)C. The summed E-state index contributed by atoms with van der Waals surface area (Å²) in [5, 5.41) is 4.98. The van der Waals surface area contributed by atoms with Crippen molar-refractivity contribution in [3.63, 3.8) is 0 Å². The topological polar surface area (TPSA) is 80.5 Å². The molecule has 2 N–H and O–H groups in total. The van der Waals surface area contributed by atoms with Crippen LogP contribution in [0.1, 0.15) is 31.1 Å². The number of hydrogen-bond acceptors (Lipinski definition) is 3. The molecule has 21 heavy (non-hydrogen) atoms. The Morgan fingerprint density at radius 3 is 2.38 bits per heavy atom. The standard InChI is InChI=1S/C14H19FN2O3S/c1-5-6-17(14(2,3)4)13(18)10-7-11(15)9-12(8-10)21(16,19)20/h5,7-9H,1,6H2,2-4H3,(H2,16,19,20). The summed E-state index contributed by atoms with van der Waals surface area (Å²) in [6.07, 6.45) is 1.54. The average molecular weight is 314 g/mol. The number of nitrogens with zero attached hydrogens (tertiary/aromatic N) is 1. The molecule has 1 aromatic carbocycles. The molecule has 0 heterocycles. The van der Waals surface area contributed by atoms with Gasteiger partial charge in [-0.1, -0.05) is 6.08 Å². The van der Waals surface area contributed by atoms with Gasteiger partial charge < -0.3 is 4.90 Å². The van der Waals surface area contributed by atoms with Crippen molar-refractivity contribution in [1.82, 2.24) is 4.90 Å². The van der Waals surface area contributed by atoms with Gasteiger partial charge in [-0.25, -0.2) is 17.9 Å². The molecule has 1 rings (SSSR count). The van der Waals surface area contributed by atoms with E-state index in [1.807, 2.05) is 20.8 Å². The van der Waals surface area contributed by atoms with Gasteiger partial charge in [0.15, 0.2) is 0 Å². The van der Waals surface area contributed by atoms with Crippen LogP contribution < -0.4 is 5.14 Å². The maximum atomic E-state index is 13.6. The molecule has 0 spiro atoms. The van der Waals surface area contributed by atoms with Crippen LogP contribution in [0.5, 0.6) is 0 Å². The number of rotatable bonds is 4. The van der Waals surface area contributed by atoms with E-state index in [2.05, 4.69) is 6.58 Å². The summed E-state index contributed by atoms with van der Waals surface area (Å²) in [4.78, 5) is 13.5. The third-order valence-electron chi connectivity index (χ3n) is 2.81. The van der Waals surface area contributed by atoms with Gasteiger partial charge in [0.2, 0.25) is 10.0 Å². The lowest BCUT2D eigenvalue weighted by molar-refractivity contribution is 0.0616. The van der Waals surface area contributed by atoms with Crippen LogP contribution in [-0.2, 0) is 10.0 Å². The van der Waals surface area contributed by atoms with Crippen LogP contribution in [0, 0.1) is 5.82 Å². The second kappa shape index (κ2) is 5.95. The molecule has 1 amide bonds. The molecule has 0 aliphatic carbocycles. The zero-order chi connectivity index (χ0) is 16.4. The van der Waals surface area contributed by atoms with Gasteiger partial charge in [0.25, 0.3) is 5.91 Å². The van der Waals surface area contributed by atoms with Crippen molar-refractivity contribution in [1.29, 1.82) is 0 Å². The molecule has 1 aromatic rings. The van der Waals surface area contributed by atoms with Crippen LogP contribution in [-0.4, -0.2) is 31.3 Å². The summed E-state index contributed by atoms with van der Waals surface area (Å²) in [6.45, 7) is 9.28. The maximum Gasteiger partial charge on any atom is 0.254 e. The third kappa shape index (κ3) is 4.37. The van der Waals surface area contributed by atoms with E-state index >= 15 is 0 Å². The molecule has 0 saturated heterocycles. The van der Waals surface area contributed by atoms with Crippen LogP contribution in [0.2, 0.25) is 0 Å². The lowest BCUT2D eigenvalue weighted by Crippen LogP contribution is -2.45. The Morgan fingerprint density at radius 1 is 1.38 bits per heavy atom. The number of carbonyl (C=O) groups is 1. The van der Waals surface area contributed by atoms with Crippen molar-refractivity contribution in [3.05, 3.63) is 42.2 Å². The number of halogens is 1. The Balaban J connectivity index is 3.35. The van der Waals surface area contributed by atoms with Crippen LogP contribution in [0.4, 0.5) is 4.39 Å². The molecular weight excluding hydrogens is 295 g/mol. The van der Waals surface area contributed by atoms with E-state index in [0.717, 1.165) is 18.2 Å². The minimum absolute atomic E-state index is 0.0733. The number of carbonyl (C=O) groups excluding carboxylic acids is 1. The van der Waals surface area contributed by atoms with Crippen LogP contribution >= 0.6 is 0 Å². The molecular formula is C14H19FN2O3S. The number of nitrogens with two attached hydrogens (primary N) is 1. The maximum absolute atomic E-state index is 13.6. The number of hydrogen-bond donors (Lipinski definition) is 1. The lowest BCUT2D eigenvalue weighted by Gasteiger charge is -2.35. The average Bonchev–Trinajstić information content (AvgIpc) is 2.32. The summed E-state index contributed by atoms with van der Waals surface area (Å²) in [7, 11) is -4.09. The lowest BCUT2D eigenvalue weighted by atomic mass is 10.0. The summed E-state index contributed by atoms with van der Waals surface area (Å²) in [5.41, 5.74) is -0.602. The van der Waals surface area contributed by atoms with Crippen molar-refractivity contribution in [2.45, 2.75) is 31.2 Å². The van der Waals surface area contributed by atoms with Gasteiger partial charge in [-0.05, 0) is 39.0 Å². The summed E-state index contributed by atoms with van der Waals surface area (Å²) >= 11 is 0. The highest BCUT2D eigenvalue weighted by Crippen LogP contribution is 2.20. The molecule has 0 aromatic heterocycles. The quantitative estimate of drug-likeness (QED) is 0.862. The summed E-state index contributed by atoms with van der Waals surface area (Å²) < 4.78 is 36.2. The first-order chi connectivity index (χ1) is 9.46. The molecule has 0 bridgehead atoms. The molecule has 0 unspecified atom stereocenters. The Morgan fingerprint density at radius 2 is 1.95 bits per heavy atom. The van der Waals surface area contributed by atoms with Crippen molar-refractivity contribution >= 4 is 15.9 Å². The number of primary sulfonamides is 1. The Bertz CT molecular complexity index is 663. The molecule has 0 atom stereocenters. The van der Waals surface area contributed by atoms with Crippen molar-refractivity contribution in [2.24, 2.45) is 5.14 Å². The van der Waals surface area contributed by atoms with E-state index in [9.17, 15) is 17.6 Å². The fraction of sp³-hybridized carbons (Fsp3) is 0.357. The van der Waals surface area contributed by atoms with E-state index in [0.29, 0.717) is 0 Å². The van der Waals surface area contributed by atoms with Crippen LogP contribution in [0.15, 0.2) is 35.7 Å². The summed E-state index contributed by atoms with van der Waals surface area (Å²) in [6, 6.07) is 2.84. The molecule has 116 valence electrons. The van der Waals surface area contributed by atoms with E-state index in [4.69, 9.17) is 5.14 Å². The van der Waals surface area contributed by atoms with Crippen LogP contribution in [0.3, 0.4) is 0 Å². The molecule has 0 fully saturated rings. The predicted molar refractivity (Wildman–Crippen MR) is 78.8 cm³/mol. The van der Waals surface area contributed by atoms with Gasteiger partial charge in [0, 0.05) is 17.6 Å². The monoisotopic (exact) mass is 314 g/mol. The van der Waals surface area contributed by atoms with E-state index < -0.39 is 32.2 Å². The predicted octanol–water partition coefficient (Wildman–Crippen LogP) is 1.90. The number of amides is 1. The number of sulfonamides is 1. The summed E-state index contributed by atoms with van der Waals surface area (Å²) in [5.74, 6) is -1.33. The van der Waals surface area contributed by atoms with Gasteiger partial charge >= 0.3 is 0 Å². The molecule has 7 heteroatoms. The fourth-order valence-electron chi connectivity index (χ4n) is 1.80. The third-order valence-corrected chi connectivity index (χ3v) is 3.71. The highest BCUT2D eigenvalue weighted by atomic mass is 32.2. The zero-order valence-electron chi connectivity index (χ0n) is 12.3. The van der Waals surface area contributed by atoms with Crippen molar-refractivity contribution < 1.29 is 17.6 Å². The second-order valence-electron chi connectivity index (χ2n) is 5.60. The van der Waals surface area contributed by atoms with Gasteiger partial charge in [-0.2, -0.15) is 0 Å². The van der Waals surface area contributed by atoms with E-state index in [1.165, 1.54) is 4.90 Å². The minimum atomic E-state index is -4.09. The Kier molecular flexibility index (Phi) is 4.91. The molecule has 0 radical (unpaired) electrons. The second-order valence-corrected chi connectivity index (χ2v) is 7.16. The largest absolute Gasteiger partial charge is 0.330 e. The fourth-order valence-corrected chi connectivity index (χ4v) is 2.36. The first-order valence-corrected chi connectivity index (χ1v) is 7.77. The Hall–Kier alpha value is -1.73. The van der Waals surface area contributed by atoms with Gasteiger partial charge in [0.05, 0.1) is 4.90 Å². The highest BCUT2D eigenvalue weighted by Gasteiger charge is 2.27. The smallest absolute Gasteiger partial charge is 0.254 e. The van der Waals surface area contributed by atoms with Gasteiger partial charge in [0.1, 0.15) is 5.82 Å². The van der Waals surface area contributed by atoms with Crippen LogP contribution in [0.25, 0.3) is 0 Å². The zero-order valence-corrected chi connectivity index (χ0v) is 13.1. The molecule has 0 saturated carbocycles. The van der Waals surface area contributed by atoms with Crippen molar-refractivity contribution in [3.8, 4) is 0 Å². The highest BCUT2D eigenvalue weighted by molar-refractivity contribution is 7.89. The van der Waals surface area contributed by atoms with Gasteiger partial charge in [-0.15, -0.1) is 6.58 Å². The first-order valence-electron chi connectivity index (χ1n) is 6.23. The number of benzene rings is 1. The van der Waals surface area contributed by atoms with E-state index in [1.54, 1.807) is 6.08 Å². The molecule has 0 aliphatic rings. The first kappa shape index (κ1) is 17.3. The normalized spacial score (nSPS) is 12.0. The van der Waals surface area contributed by atoms with Crippen molar-refractivity contribution in [2.75, 3.05) is 6.54 Å². The molecule has 5 nitrogen and oxygen atoms in total. The minimum Gasteiger partial charge on any atom is -0.330 e. The van der Waals surface area contributed by atoms with Gasteiger partial charge in [-0.3, -0.25) is 4.79 Å². The van der Waals surface area contributed by atoms with E-state index in [-0.39, 0.29) is 12.1 Å². The molecule has 0 aliphatic heterocycles. The Labute approximate surface area is 124 Å².